The van der Waals surface area contributed by atoms with Crippen LogP contribution in [-0.4, -0.2) is 57.8 Å². The minimum absolute atomic E-state index is 0.206. The van der Waals surface area contributed by atoms with Gasteiger partial charge in [0.15, 0.2) is 5.82 Å². The Labute approximate surface area is 216 Å². The fourth-order valence-corrected chi connectivity index (χ4v) is 7.54. The maximum Gasteiger partial charge on any atom is 0.319 e. The van der Waals surface area contributed by atoms with E-state index < -0.39 is 10.8 Å². The average Bonchev–Trinajstić information content (AvgIpc) is 3.72. The maximum atomic E-state index is 13.9. The van der Waals surface area contributed by atoms with Crippen molar-refractivity contribution in [3.8, 4) is 11.4 Å². The molecule has 1 unspecified atom stereocenters. The molecule has 2 atom stereocenters. The summed E-state index contributed by atoms with van der Waals surface area (Å²) < 4.78 is 19.2. The highest BCUT2D eigenvalue weighted by Gasteiger charge is 2.54. The SMILES string of the molecule is CCNC(=O)Nc1ccc(-c2nc(N3CCOC[C@@H]3C)cc(C3(S(=O)C4CCCCC4)CC3)n2)cc1. The number of anilines is 2. The quantitative estimate of drug-likeness (QED) is 0.565. The molecule has 194 valence electrons. The van der Waals surface area contributed by atoms with Gasteiger partial charge in [-0.25, -0.2) is 14.8 Å². The van der Waals surface area contributed by atoms with Crippen LogP contribution in [0.5, 0.6) is 0 Å². The van der Waals surface area contributed by atoms with E-state index in [-0.39, 0.29) is 22.1 Å². The van der Waals surface area contributed by atoms with Gasteiger partial charge in [0.05, 0.1) is 29.7 Å². The summed E-state index contributed by atoms with van der Waals surface area (Å²) in [6, 6.07) is 9.67. The molecule has 2 amide bonds. The van der Waals surface area contributed by atoms with Crippen molar-refractivity contribution < 1.29 is 13.7 Å². The Balaban J connectivity index is 1.48. The van der Waals surface area contributed by atoms with Crippen LogP contribution in [0.3, 0.4) is 0 Å². The van der Waals surface area contributed by atoms with E-state index in [1.165, 1.54) is 19.3 Å². The fraction of sp³-hybridized carbons (Fsp3) is 0.593. The largest absolute Gasteiger partial charge is 0.377 e. The molecule has 2 N–H and O–H groups in total. The zero-order valence-electron chi connectivity index (χ0n) is 21.3. The van der Waals surface area contributed by atoms with Crippen molar-refractivity contribution >= 4 is 28.3 Å². The molecule has 0 spiro atoms. The van der Waals surface area contributed by atoms with Crippen LogP contribution in [0, 0.1) is 0 Å². The molecule has 5 rings (SSSR count). The van der Waals surface area contributed by atoms with Crippen LogP contribution in [0.25, 0.3) is 11.4 Å². The first-order valence-corrected chi connectivity index (χ1v) is 14.5. The molecule has 1 aliphatic heterocycles. The van der Waals surface area contributed by atoms with Gasteiger partial charge >= 0.3 is 6.03 Å². The fourth-order valence-electron chi connectivity index (χ4n) is 5.32. The Morgan fingerprint density at radius 2 is 1.92 bits per heavy atom. The standard InChI is InChI=1S/C27H37N5O3S/c1-3-28-26(33)29-21-11-9-20(10-12-21)25-30-23(17-24(31-25)32-15-16-35-18-19(32)2)27(13-14-27)36(34)22-7-5-4-6-8-22/h9-12,17,19,22H,3-8,13-16,18H2,1-2H3,(H2,28,29,33)/t19-,36?/m0/s1. The van der Waals surface area contributed by atoms with Crippen molar-refractivity contribution in [1.29, 1.82) is 0 Å². The normalized spacial score (nSPS) is 22.6. The molecule has 1 aromatic heterocycles. The van der Waals surface area contributed by atoms with E-state index in [2.05, 4.69) is 28.5 Å². The summed E-state index contributed by atoms with van der Waals surface area (Å²) >= 11 is 0. The number of urea groups is 1. The number of amides is 2. The van der Waals surface area contributed by atoms with Gasteiger partial charge in [0.25, 0.3) is 0 Å². The number of ether oxygens (including phenoxy) is 1. The molecule has 2 aliphatic carbocycles. The molecule has 1 aromatic carbocycles. The Morgan fingerprint density at radius 1 is 1.17 bits per heavy atom. The Morgan fingerprint density at radius 3 is 2.58 bits per heavy atom. The number of carbonyl (C=O) groups is 1. The lowest BCUT2D eigenvalue weighted by Gasteiger charge is -2.35. The molecule has 0 bridgehead atoms. The number of carbonyl (C=O) groups excluding carboxylic acids is 1. The second-order valence-corrected chi connectivity index (χ2v) is 12.2. The highest BCUT2D eigenvalue weighted by Crippen LogP contribution is 2.53. The minimum Gasteiger partial charge on any atom is -0.377 e. The summed E-state index contributed by atoms with van der Waals surface area (Å²) in [6.45, 7) is 6.69. The number of aromatic nitrogens is 2. The lowest BCUT2D eigenvalue weighted by Crippen LogP contribution is -2.44. The molecule has 36 heavy (non-hydrogen) atoms. The van der Waals surface area contributed by atoms with Gasteiger partial charge in [0.2, 0.25) is 0 Å². The van der Waals surface area contributed by atoms with Crippen molar-refractivity contribution in [2.75, 3.05) is 36.5 Å². The van der Waals surface area contributed by atoms with Crippen molar-refractivity contribution in [2.24, 2.45) is 0 Å². The highest BCUT2D eigenvalue weighted by molar-refractivity contribution is 7.87. The summed E-state index contributed by atoms with van der Waals surface area (Å²) in [5.74, 6) is 1.51. The van der Waals surface area contributed by atoms with E-state index >= 15 is 0 Å². The lowest BCUT2D eigenvalue weighted by molar-refractivity contribution is 0.0985. The minimum atomic E-state index is -0.944. The lowest BCUT2D eigenvalue weighted by atomic mass is 10.0. The molecule has 2 heterocycles. The van der Waals surface area contributed by atoms with Crippen LogP contribution >= 0.6 is 0 Å². The Hall–Kier alpha value is -2.52. The van der Waals surface area contributed by atoms with E-state index in [0.29, 0.717) is 31.3 Å². The van der Waals surface area contributed by atoms with E-state index in [9.17, 15) is 9.00 Å². The number of hydrogen-bond donors (Lipinski definition) is 2. The third kappa shape index (κ3) is 5.27. The van der Waals surface area contributed by atoms with Crippen LogP contribution in [0.2, 0.25) is 0 Å². The average molecular weight is 512 g/mol. The van der Waals surface area contributed by atoms with Gasteiger partial charge in [-0.2, -0.15) is 0 Å². The molecule has 8 nitrogen and oxygen atoms in total. The van der Waals surface area contributed by atoms with E-state index in [1.54, 1.807) is 0 Å². The van der Waals surface area contributed by atoms with Crippen LogP contribution in [0.4, 0.5) is 16.3 Å². The zero-order valence-corrected chi connectivity index (χ0v) is 22.1. The molecule has 3 aliphatic rings. The van der Waals surface area contributed by atoms with Crippen LogP contribution in [0.1, 0.15) is 64.5 Å². The first-order chi connectivity index (χ1) is 17.5. The third-order valence-corrected chi connectivity index (χ3v) is 9.99. The molecule has 3 fully saturated rings. The molecule has 9 heteroatoms. The summed E-state index contributed by atoms with van der Waals surface area (Å²) in [5, 5.41) is 5.84. The van der Waals surface area contributed by atoms with Crippen LogP contribution < -0.4 is 15.5 Å². The summed E-state index contributed by atoms with van der Waals surface area (Å²) in [4.78, 5) is 24.2. The van der Waals surface area contributed by atoms with Gasteiger partial charge in [-0.15, -0.1) is 0 Å². The van der Waals surface area contributed by atoms with E-state index in [4.69, 9.17) is 14.7 Å². The van der Waals surface area contributed by atoms with Gasteiger partial charge in [-0.05, 0) is 63.8 Å². The Kier molecular flexibility index (Phi) is 7.57. The monoisotopic (exact) mass is 511 g/mol. The van der Waals surface area contributed by atoms with Crippen molar-refractivity contribution in [2.45, 2.75) is 74.8 Å². The third-order valence-electron chi connectivity index (χ3n) is 7.52. The molecule has 1 saturated heterocycles. The van der Waals surface area contributed by atoms with Gasteiger partial charge in [-0.3, -0.25) is 4.21 Å². The van der Waals surface area contributed by atoms with E-state index in [0.717, 1.165) is 49.3 Å². The van der Waals surface area contributed by atoms with Gasteiger partial charge < -0.3 is 20.3 Å². The van der Waals surface area contributed by atoms with Crippen molar-refractivity contribution in [3.63, 3.8) is 0 Å². The summed E-state index contributed by atoms with van der Waals surface area (Å²) in [5.41, 5.74) is 2.49. The van der Waals surface area contributed by atoms with Gasteiger partial charge in [0, 0.05) is 46.5 Å². The molecule has 2 saturated carbocycles. The summed E-state index contributed by atoms with van der Waals surface area (Å²) in [6.07, 6.45) is 7.55. The highest BCUT2D eigenvalue weighted by atomic mass is 32.2. The number of rotatable bonds is 7. The Bertz CT molecular complexity index is 1100. The summed E-state index contributed by atoms with van der Waals surface area (Å²) in [7, 11) is -0.944. The zero-order chi connectivity index (χ0) is 25.1. The molecule has 0 radical (unpaired) electrons. The van der Waals surface area contributed by atoms with Crippen LogP contribution in [-0.2, 0) is 20.3 Å². The molecule has 2 aromatic rings. The maximum absolute atomic E-state index is 13.9. The van der Waals surface area contributed by atoms with Crippen molar-refractivity contribution in [1.82, 2.24) is 15.3 Å². The van der Waals surface area contributed by atoms with Crippen molar-refractivity contribution in [3.05, 3.63) is 36.0 Å². The predicted octanol–water partition coefficient (Wildman–Crippen LogP) is 4.58. The topological polar surface area (TPSA) is 96.5 Å². The first kappa shape index (κ1) is 25.1. The smallest absolute Gasteiger partial charge is 0.319 e. The van der Waals surface area contributed by atoms with E-state index in [1.807, 2.05) is 31.2 Å². The van der Waals surface area contributed by atoms with Gasteiger partial charge in [0.1, 0.15) is 5.82 Å². The number of morpholine rings is 1. The predicted molar refractivity (Wildman–Crippen MR) is 144 cm³/mol. The first-order valence-electron chi connectivity index (χ1n) is 13.3. The van der Waals surface area contributed by atoms with Crippen LogP contribution in [0.15, 0.2) is 30.3 Å². The van der Waals surface area contributed by atoms with Gasteiger partial charge in [-0.1, -0.05) is 19.3 Å². The molecular weight excluding hydrogens is 474 g/mol. The second kappa shape index (κ2) is 10.8. The number of nitrogens with one attached hydrogen (secondary N) is 2. The number of benzene rings is 1. The number of hydrogen-bond acceptors (Lipinski definition) is 6. The second-order valence-electron chi connectivity index (χ2n) is 10.2. The number of nitrogens with zero attached hydrogens (tertiary/aromatic N) is 3. The molecular formula is C27H37N5O3S.